The minimum atomic E-state index is 0.274. The number of hydrogen-bond acceptors (Lipinski definition) is 2. The number of hydrogen-bond donors (Lipinski definition) is 2. The number of thiocarbonyl (C=S) groups is 1. The normalized spacial score (nSPS) is 12.0. The number of nitrogens with zero attached hydrogens (tertiary/aromatic N) is 1. The van der Waals surface area contributed by atoms with E-state index in [2.05, 4.69) is 85.9 Å². The van der Waals surface area contributed by atoms with Gasteiger partial charge in [0, 0.05) is 12.2 Å². The Morgan fingerprint density at radius 3 is 2.35 bits per heavy atom. The fourth-order valence-electron chi connectivity index (χ4n) is 2.46. The van der Waals surface area contributed by atoms with E-state index in [1.165, 1.54) is 16.7 Å². The van der Waals surface area contributed by atoms with Crippen LogP contribution in [0.1, 0.15) is 22.7 Å². The van der Waals surface area contributed by atoms with Crippen LogP contribution in [0.5, 0.6) is 0 Å². The highest BCUT2D eigenvalue weighted by atomic mass is 32.1. The van der Waals surface area contributed by atoms with Crippen LogP contribution in [0.2, 0.25) is 0 Å². The molecule has 1 unspecified atom stereocenters. The van der Waals surface area contributed by atoms with Crippen molar-refractivity contribution < 1.29 is 0 Å². The maximum absolute atomic E-state index is 5.43. The standard InChI is InChI=1S/C19H25N3S/c1-14-10-11-17(12-15(14)2)21-19(23)20-13-18(22(3)4)16-8-6-5-7-9-16/h5-12,18H,13H2,1-4H3,(H2,20,21,23). The van der Waals surface area contributed by atoms with Crippen molar-refractivity contribution >= 4 is 23.0 Å². The lowest BCUT2D eigenvalue weighted by atomic mass is 10.1. The van der Waals surface area contributed by atoms with Crippen molar-refractivity contribution in [1.29, 1.82) is 0 Å². The molecule has 0 amide bonds. The van der Waals surface area contributed by atoms with Crippen molar-refractivity contribution in [3.63, 3.8) is 0 Å². The maximum Gasteiger partial charge on any atom is 0.170 e. The topological polar surface area (TPSA) is 27.3 Å². The summed E-state index contributed by atoms with van der Waals surface area (Å²) in [6.45, 7) is 4.97. The highest BCUT2D eigenvalue weighted by molar-refractivity contribution is 7.80. The van der Waals surface area contributed by atoms with Crippen LogP contribution < -0.4 is 10.6 Å². The highest BCUT2D eigenvalue weighted by Crippen LogP contribution is 2.17. The van der Waals surface area contributed by atoms with Crippen LogP contribution in [0.4, 0.5) is 5.69 Å². The molecule has 23 heavy (non-hydrogen) atoms. The van der Waals surface area contributed by atoms with Gasteiger partial charge in [-0.2, -0.15) is 0 Å². The number of benzene rings is 2. The zero-order chi connectivity index (χ0) is 16.8. The van der Waals surface area contributed by atoms with Crippen molar-refractivity contribution in [3.05, 3.63) is 65.2 Å². The average Bonchev–Trinajstić information content (AvgIpc) is 2.52. The molecule has 4 heteroatoms. The van der Waals surface area contributed by atoms with Gasteiger partial charge in [0.05, 0.1) is 6.04 Å². The van der Waals surface area contributed by atoms with Gasteiger partial charge in [0.25, 0.3) is 0 Å². The smallest absolute Gasteiger partial charge is 0.170 e. The van der Waals surface area contributed by atoms with E-state index in [-0.39, 0.29) is 6.04 Å². The Bertz CT molecular complexity index is 653. The summed E-state index contributed by atoms with van der Waals surface area (Å²) < 4.78 is 0. The molecule has 0 aliphatic carbocycles. The van der Waals surface area contributed by atoms with Crippen LogP contribution in [0.3, 0.4) is 0 Å². The molecule has 2 aromatic carbocycles. The summed E-state index contributed by atoms with van der Waals surface area (Å²) in [6, 6.07) is 17.0. The van der Waals surface area contributed by atoms with E-state index in [0.717, 1.165) is 12.2 Å². The largest absolute Gasteiger partial charge is 0.361 e. The van der Waals surface area contributed by atoms with E-state index in [9.17, 15) is 0 Å². The Hall–Kier alpha value is -1.91. The average molecular weight is 327 g/mol. The third kappa shape index (κ3) is 5.05. The lowest BCUT2D eigenvalue weighted by Gasteiger charge is -2.25. The van der Waals surface area contributed by atoms with Crippen molar-refractivity contribution in [3.8, 4) is 0 Å². The quantitative estimate of drug-likeness (QED) is 0.815. The van der Waals surface area contributed by atoms with E-state index in [0.29, 0.717) is 5.11 Å². The molecule has 1 atom stereocenters. The molecule has 0 aliphatic rings. The molecule has 0 spiro atoms. The van der Waals surface area contributed by atoms with E-state index in [1.807, 2.05) is 6.07 Å². The van der Waals surface area contributed by atoms with Gasteiger partial charge in [-0.05, 0) is 69.0 Å². The molecular weight excluding hydrogens is 302 g/mol. The molecule has 0 saturated heterocycles. The zero-order valence-corrected chi connectivity index (χ0v) is 15.1. The second kappa shape index (κ2) is 8.09. The van der Waals surface area contributed by atoms with Crippen molar-refractivity contribution in [2.75, 3.05) is 26.0 Å². The molecule has 0 radical (unpaired) electrons. The van der Waals surface area contributed by atoms with Crippen LogP contribution in [-0.2, 0) is 0 Å². The minimum absolute atomic E-state index is 0.274. The van der Waals surface area contributed by atoms with Gasteiger partial charge in [-0.15, -0.1) is 0 Å². The van der Waals surface area contributed by atoms with E-state index in [1.54, 1.807) is 0 Å². The second-order valence-electron chi connectivity index (χ2n) is 6.02. The molecule has 2 N–H and O–H groups in total. The molecule has 2 aromatic rings. The first kappa shape index (κ1) is 17.4. The molecular formula is C19H25N3S. The fraction of sp³-hybridized carbons (Fsp3) is 0.316. The summed E-state index contributed by atoms with van der Waals surface area (Å²) in [5.74, 6) is 0. The lowest BCUT2D eigenvalue weighted by molar-refractivity contribution is 0.299. The van der Waals surface area contributed by atoms with Crippen LogP contribution in [0.25, 0.3) is 0 Å². The van der Waals surface area contributed by atoms with Crippen LogP contribution >= 0.6 is 12.2 Å². The van der Waals surface area contributed by atoms with Gasteiger partial charge < -0.3 is 15.5 Å². The summed E-state index contributed by atoms with van der Waals surface area (Å²) in [6.07, 6.45) is 0. The van der Waals surface area contributed by atoms with E-state index >= 15 is 0 Å². The number of nitrogens with one attached hydrogen (secondary N) is 2. The molecule has 3 nitrogen and oxygen atoms in total. The van der Waals surface area contributed by atoms with Crippen molar-refractivity contribution in [1.82, 2.24) is 10.2 Å². The predicted molar refractivity (Wildman–Crippen MR) is 103 cm³/mol. The third-order valence-corrected chi connectivity index (χ3v) is 4.27. The lowest BCUT2D eigenvalue weighted by Crippen LogP contribution is -2.36. The molecule has 0 bridgehead atoms. The summed E-state index contributed by atoms with van der Waals surface area (Å²) in [5, 5.41) is 7.23. The molecule has 2 rings (SSSR count). The van der Waals surface area contributed by atoms with Crippen molar-refractivity contribution in [2.24, 2.45) is 0 Å². The molecule has 0 aliphatic heterocycles. The number of likely N-dealkylation sites (N-methyl/N-ethyl adjacent to an activating group) is 1. The Labute approximate surface area is 144 Å². The SMILES string of the molecule is Cc1ccc(NC(=S)NCC(c2ccccc2)N(C)C)cc1C. The molecule has 122 valence electrons. The Morgan fingerprint density at radius 2 is 1.74 bits per heavy atom. The van der Waals surface area contributed by atoms with Gasteiger partial charge in [0.15, 0.2) is 5.11 Å². The summed E-state index contributed by atoms with van der Waals surface area (Å²) >= 11 is 5.43. The third-order valence-electron chi connectivity index (χ3n) is 4.03. The Morgan fingerprint density at radius 1 is 1.04 bits per heavy atom. The molecule has 0 heterocycles. The first-order chi connectivity index (χ1) is 11.0. The molecule has 0 fully saturated rings. The summed E-state index contributed by atoms with van der Waals surface area (Å²) in [4.78, 5) is 2.20. The maximum atomic E-state index is 5.43. The Balaban J connectivity index is 1.95. The zero-order valence-electron chi connectivity index (χ0n) is 14.3. The first-order valence-electron chi connectivity index (χ1n) is 7.81. The monoisotopic (exact) mass is 327 g/mol. The van der Waals surface area contributed by atoms with Gasteiger partial charge in [-0.1, -0.05) is 36.4 Å². The van der Waals surface area contributed by atoms with Gasteiger partial charge in [0.2, 0.25) is 0 Å². The second-order valence-corrected chi connectivity index (χ2v) is 6.43. The van der Waals surface area contributed by atoms with Gasteiger partial charge in [0.1, 0.15) is 0 Å². The van der Waals surface area contributed by atoms with Crippen LogP contribution in [0.15, 0.2) is 48.5 Å². The predicted octanol–water partition coefficient (Wildman–Crippen LogP) is 3.89. The van der Waals surface area contributed by atoms with Gasteiger partial charge >= 0.3 is 0 Å². The minimum Gasteiger partial charge on any atom is -0.361 e. The molecule has 0 saturated carbocycles. The van der Waals surface area contributed by atoms with Crippen LogP contribution in [0, 0.1) is 13.8 Å². The highest BCUT2D eigenvalue weighted by Gasteiger charge is 2.13. The van der Waals surface area contributed by atoms with E-state index < -0.39 is 0 Å². The van der Waals surface area contributed by atoms with E-state index in [4.69, 9.17) is 12.2 Å². The van der Waals surface area contributed by atoms with Crippen LogP contribution in [-0.4, -0.2) is 30.7 Å². The Kier molecular flexibility index (Phi) is 6.13. The summed E-state index contributed by atoms with van der Waals surface area (Å²) in [5.41, 5.74) is 4.84. The van der Waals surface area contributed by atoms with Crippen molar-refractivity contribution in [2.45, 2.75) is 19.9 Å². The van der Waals surface area contributed by atoms with Gasteiger partial charge in [-0.25, -0.2) is 0 Å². The molecule has 0 aromatic heterocycles. The van der Waals surface area contributed by atoms with Gasteiger partial charge in [-0.3, -0.25) is 0 Å². The summed E-state index contributed by atoms with van der Waals surface area (Å²) in [7, 11) is 4.16. The number of aryl methyl sites for hydroxylation is 2. The number of anilines is 1. The fourth-order valence-corrected chi connectivity index (χ4v) is 2.66. The first-order valence-corrected chi connectivity index (χ1v) is 8.21. The number of rotatable bonds is 5.